The van der Waals surface area contributed by atoms with E-state index in [-0.39, 0.29) is 8.70 Å². The van der Waals surface area contributed by atoms with Crippen LogP contribution >= 0.6 is 0 Å². The van der Waals surface area contributed by atoms with Gasteiger partial charge in [-0.25, -0.2) is 0 Å². The molecule has 0 saturated heterocycles. The normalized spacial score (nSPS) is 12.4. The van der Waals surface area contributed by atoms with Gasteiger partial charge in [0, 0.05) is 0 Å². The van der Waals surface area contributed by atoms with Crippen LogP contribution in [0.4, 0.5) is 0 Å². The summed E-state index contributed by atoms with van der Waals surface area (Å²) in [4.78, 5) is 0. The second-order valence-corrected chi connectivity index (χ2v) is 10.9. The first-order valence-electron chi connectivity index (χ1n) is 5.51. The van der Waals surface area contributed by atoms with Gasteiger partial charge in [0.2, 0.25) is 0 Å². The summed E-state index contributed by atoms with van der Waals surface area (Å²) in [5.74, 6) is 0. The van der Waals surface area contributed by atoms with Crippen LogP contribution in [-0.2, 0) is 7.48 Å². The first-order valence-corrected chi connectivity index (χ1v) is 12.3. The topological polar surface area (TPSA) is 115 Å². The predicted octanol–water partition coefficient (Wildman–Crippen LogP) is -1.52. The molecule has 0 aromatic heterocycles. The van der Waals surface area contributed by atoms with Crippen molar-refractivity contribution in [2.45, 2.75) is 0 Å². The molecule has 20 heavy (non-hydrogen) atoms. The monoisotopic (exact) mass is 402 g/mol. The summed E-state index contributed by atoms with van der Waals surface area (Å²) >= 11 is -9.75. The second-order valence-electron chi connectivity index (χ2n) is 4.18. The number of hydrogen-bond acceptors (Lipinski definition) is 2. The first kappa shape index (κ1) is 15.4. The van der Waals surface area contributed by atoms with Gasteiger partial charge >= 0.3 is 121 Å². The molecule has 0 aliphatic rings. The van der Waals surface area contributed by atoms with Gasteiger partial charge < -0.3 is 0 Å². The summed E-state index contributed by atoms with van der Waals surface area (Å²) in [5, 5.41) is 0. The molecular weight excluding hydrogens is 390 g/mol. The molecule has 6 nitrogen and oxygen atoms in total. The van der Waals surface area contributed by atoms with Gasteiger partial charge in [-0.2, -0.15) is 0 Å². The Kier molecular flexibility index (Phi) is 4.16. The molecule has 2 aromatic carbocycles. The molecule has 0 aliphatic heterocycles. The molecule has 2 aromatic rings. The van der Waals surface area contributed by atoms with E-state index in [1.807, 2.05) is 0 Å². The Bertz CT molecular complexity index is 632. The van der Waals surface area contributed by atoms with E-state index in [0.29, 0.717) is 11.1 Å². The van der Waals surface area contributed by atoms with E-state index >= 15 is 0 Å². The summed E-state index contributed by atoms with van der Waals surface area (Å²) in [6.07, 6.45) is 0. The van der Waals surface area contributed by atoms with Crippen LogP contribution in [0.2, 0.25) is 0 Å². The molecule has 0 bridgehead atoms. The first-order chi connectivity index (χ1) is 9.18. The SMILES string of the molecule is O=[As](O)(O)c1ccc(-c2ccc([As](=O)(O)O)cc2)cc1. The zero-order valence-corrected chi connectivity index (χ0v) is 13.9. The minimum absolute atomic E-state index is 0.0121. The molecule has 0 fully saturated rings. The molecule has 0 amide bonds. The van der Waals surface area contributed by atoms with Gasteiger partial charge in [0.1, 0.15) is 0 Å². The van der Waals surface area contributed by atoms with Gasteiger partial charge in [0.05, 0.1) is 0 Å². The van der Waals surface area contributed by atoms with E-state index in [9.17, 15) is 7.48 Å². The van der Waals surface area contributed by atoms with Crippen LogP contribution in [0, 0.1) is 0 Å². The van der Waals surface area contributed by atoms with E-state index in [4.69, 9.17) is 16.4 Å². The zero-order valence-electron chi connectivity index (χ0n) is 10.1. The molecule has 0 spiro atoms. The van der Waals surface area contributed by atoms with E-state index in [2.05, 4.69) is 0 Å². The van der Waals surface area contributed by atoms with Crippen molar-refractivity contribution in [2.24, 2.45) is 0 Å². The van der Waals surface area contributed by atoms with Crippen LogP contribution in [0.25, 0.3) is 11.1 Å². The number of hydrogen-bond donors (Lipinski definition) is 4. The quantitative estimate of drug-likeness (QED) is 0.464. The van der Waals surface area contributed by atoms with E-state index in [1.165, 1.54) is 24.3 Å². The average molecular weight is 402 g/mol. The fourth-order valence-electron chi connectivity index (χ4n) is 1.70. The second kappa shape index (κ2) is 5.41. The minimum atomic E-state index is -4.88. The van der Waals surface area contributed by atoms with E-state index in [0.717, 1.165) is 0 Å². The Labute approximate surface area is 120 Å². The summed E-state index contributed by atoms with van der Waals surface area (Å²) in [6, 6.07) is 11.7. The summed E-state index contributed by atoms with van der Waals surface area (Å²) in [6.45, 7) is 0. The van der Waals surface area contributed by atoms with E-state index in [1.54, 1.807) is 24.3 Å². The molecule has 0 saturated carbocycles. The molecular formula is C12H12As2O6. The third kappa shape index (κ3) is 3.55. The molecule has 0 atom stereocenters. The van der Waals surface area contributed by atoms with Crippen LogP contribution in [0.1, 0.15) is 0 Å². The van der Waals surface area contributed by atoms with Crippen LogP contribution < -0.4 is 8.70 Å². The van der Waals surface area contributed by atoms with E-state index < -0.39 is 28.3 Å². The molecule has 0 radical (unpaired) electrons. The van der Waals surface area contributed by atoms with Crippen molar-refractivity contribution >= 4 is 37.0 Å². The Balaban J connectivity index is 2.33. The standard InChI is InChI=1S/C12H12As2O6/c15-13(16,17)11-5-1-9(2-6-11)10-3-7-12(8-4-10)14(18,19)20/h1-8H,(H2,15,16,17)(H2,18,19,20). The summed E-state index contributed by atoms with van der Waals surface area (Å²) in [7, 11) is 0. The molecule has 2 rings (SSSR count). The Morgan fingerprint density at radius 3 is 1.00 bits per heavy atom. The Morgan fingerprint density at radius 2 is 0.800 bits per heavy atom. The molecule has 0 heterocycles. The third-order valence-electron chi connectivity index (χ3n) is 2.74. The van der Waals surface area contributed by atoms with Gasteiger partial charge in [0.15, 0.2) is 0 Å². The molecule has 8 heteroatoms. The molecule has 0 aliphatic carbocycles. The van der Waals surface area contributed by atoms with Crippen LogP contribution in [0.15, 0.2) is 48.5 Å². The molecule has 0 unspecified atom stereocenters. The van der Waals surface area contributed by atoms with Gasteiger partial charge in [-0.15, -0.1) is 0 Å². The maximum absolute atomic E-state index is 11.1. The summed E-state index contributed by atoms with van der Waals surface area (Å²) in [5.41, 5.74) is 1.42. The van der Waals surface area contributed by atoms with Gasteiger partial charge in [-0.05, 0) is 0 Å². The zero-order chi connectivity index (χ0) is 15.0. The van der Waals surface area contributed by atoms with Crippen molar-refractivity contribution in [1.29, 1.82) is 0 Å². The van der Waals surface area contributed by atoms with Crippen molar-refractivity contribution < 1.29 is 23.9 Å². The fourth-order valence-corrected chi connectivity index (χ4v) is 3.95. The molecule has 4 N–H and O–H groups in total. The van der Waals surface area contributed by atoms with Crippen molar-refractivity contribution in [3.63, 3.8) is 0 Å². The van der Waals surface area contributed by atoms with Gasteiger partial charge in [0.25, 0.3) is 0 Å². The average Bonchev–Trinajstić information content (AvgIpc) is 2.37. The maximum atomic E-state index is 11.1. The number of benzene rings is 2. The number of rotatable bonds is 3. The van der Waals surface area contributed by atoms with Crippen molar-refractivity contribution in [3.8, 4) is 11.1 Å². The van der Waals surface area contributed by atoms with Gasteiger partial charge in [-0.1, -0.05) is 0 Å². The van der Waals surface area contributed by atoms with Crippen molar-refractivity contribution in [3.05, 3.63) is 48.5 Å². The Morgan fingerprint density at radius 1 is 0.550 bits per heavy atom. The predicted molar refractivity (Wildman–Crippen MR) is 72.9 cm³/mol. The van der Waals surface area contributed by atoms with Crippen LogP contribution in [-0.4, -0.2) is 44.7 Å². The van der Waals surface area contributed by atoms with Crippen LogP contribution in [0.5, 0.6) is 0 Å². The fraction of sp³-hybridized carbons (Fsp3) is 0. The summed E-state index contributed by atoms with van der Waals surface area (Å²) < 4.78 is 58.4. The molecule has 106 valence electrons. The van der Waals surface area contributed by atoms with Gasteiger partial charge in [-0.3, -0.25) is 0 Å². The Hall–Kier alpha value is -1.00. The van der Waals surface area contributed by atoms with Crippen molar-refractivity contribution in [2.75, 3.05) is 0 Å². The van der Waals surface area contributed by atoms with Crippen LogP contribution in [0.3, 0.4) is 0 Å². The third-order valence-corrected chi connectivity index (χ3v) is 6.81. The van der Waals surface area contributed by atoms with Crippen molar-refractivity contribution in [1.82, 2.24) is 0 Å².